The van der Waals surface area contributed by atoms with Gasteiger partial charge in [0.15, 0.2) is 5.84 Å². The summed E-state index contributed by atoms with van der Waals surface area (Å²) >= 11 is 0. The lowest BCUT2D eigenvalue weighted by molar-refractivity contribution is 0.217. The van der Waals surface area contributed by atoms with Crippen LogP contribution in [0.5, 0.6) is 0 Å². The largest absolute Gasteiger partial charge is 0.409 e. The van der Waals surface area contributed by atoms with E-state index < -0.39 is 0 Å². The van der Waals surface area contributed by atoms with Crippen molar-refractivity contribution in [2.75, 3.05) is 27.2 Å². The summed E-state index contributed by atoms with van der Waals surface area (Å²) in [6.45, 7) is 2.81. The molecule has 0 saturated heterocycles. The first-order valence-corrected chi connectivity index (χ1v) is 4.65. The highest BCUT2D eigenvalue weighted by Gasteiger charge is 2.06. The van der Waals surface area contributed by atoms with Gasteiger partial charge in [-0.25, -0.2) is 4.79 Å². The van der Waals surface area contributed by atoms with Gasteiger partial charge in [-0.3, -0.25) is 0 Å². The summed E-state index contributed by atoms with van der Waals surface area (Å²) in [5.74, 6) is 0.119. The summed E-state index contributed by atoms with van der Waals surface area (Å²) < 4.78 is 0. The number of urea groups is 1. The van der Waals surface area contributed by atoms with E-state index in [4.69, 9.17) is 10.9 Å². The third-order valence-corrected chi connectivity index (χ3v) is 1.82. The Morgan fingerprint density at radius 2 is 2.13 bits per heavy atom. The quantitative estimate of drug-likeness (QED) is 0.156. The topological polar surface area (TPSA) is 103 Å². The van der Waals surface area contributed by atoms with Crippen LogP contribution in [0.3, 0.4) is 0 Å². The van der Waals surface area contributed by atoms with Crippen molar-refractivity contribution in [3.05, 3.63) is 0 Å². The normalized spacial score (nSPS) is 13.4. The molecule has 0 aliphatic rings. The van der Waals surface area contributed by atoms with Crippen molar-refractivity contribution in [2.45, 2.75) is 13.0 Å². The number of amides is 2. The van der Waals surface area contributed by atoms with E-state index in [0.717, 1.165) is 0 Å². The second-order valence-corrected chi connectivity index (χ2v) is 3.33. The summed E-state index contributed by atoms with van der Waals surface area (Å²) in [4.78, 5) is 12.5. The molecular formula is C8H19N5O2. The highest BCUT2D eigenvalue weighted by atomic mass is 16.4. The van der Waals surface area contributed by atoms with Crippen LogP contribution < -0.4 is 16.4 Å². The Kier molecular flexibility index (Phi) is 6.19. The SMILES string of the molecule is CC(NCCNC(=O)N(C)C)C(N)=NO. The Morgan fingerprint density at radius 1 is 1.53 bits per heavy atom. The van der Waals surface area contributed by atoms with Gasteiger partial charge in [-0.05, 0) is 6.92 Å². The molecular weight excluding hydrogens is 198 g/mol. The molecule has 0 radical (unpaired) electrons. The molecule has 7 heteroatoms. The van der Waals surface area contributed by atoms with Gasteiger partial charge in [-0.1, -0.05) is 5.16 Å². The second-order valence-electron chi connectivity index (χ2n) is 3.33. The van der Waals surface area contributed by atoms with Crippen molar-refractivity contribution in [1.29, 1.82) is 0 Å². The van der Waals surface area contributed by atoms with Gasteiger partial charge in [0.05, 0.1) is 6.04 Å². The second kappa shape index (κ2) is 6.88. The number of carbonyl (C=O) groups is 1. The zero-order valence-electron chi connectivity index (χ0n) is 9.32. The molecule has 0 aromatic carbocycles. The fourth-order valence-electron chi connectivity index (χ4n) is 0.807. The fraction of sp³-hybridized carbons (Fsp3) is 0.750. The van der Waals surface area contributed by atoms with Crippen LogP contribution in [0.25, 0.3) is 0 Å². The van der Waals surface area contributed by atoms with E-state index >= 15 is 0 Å². The minimum absolute atomic E-state index is 0.119. The van der Waals surface area contributed by atoms with E-state index in [1.165, 1.54) is 4.90 Å². The van der Waals surface area contributed by atoms with Crippen LogP contribution >= 0.6 is 0 Å². The summed E-state index contributed by atoms with van der Waals surface area (Å²) in [7, 11) is 3.34. The predicted molar refractivity (Wildman–Crippen MR) is 58.0 cm³/mol. The Labute approximate surface area is 89.3 Å². The molecule has 1 atom stereocenters. The lowest BCUT2D eigenvalue weighted by atomic mass is 10.3. The molecule has 0 fully saturated rings. The summed E-state index contributed by atoms with van der Waals surface area (Å²) in [5.41, 5.74) is 5.35. The highest BCUT2D eigenvalue weighted by Crippen LogP contribution is 1.80. The zero-order valence-corrected chi connectivity index (χ0v) is 9.32. The molecule has 0 spiro atoms. The lowest BCUT2D eigenvalue weighted by Gasteiger charge is -2.14. The maximum atomic E-state index is 11.1. The van der Waals surface area contributed by atoms with E-state index in [9.17, 15) is 4.79 Å². The first-order valence-electron chi connectivity index (χ1n) is 4.65. The van der Waals surface area contributed by atoms with Gasteiger partial charge in [-0.2, -0.15) is 0 Å². The summed E-state index contributed by atoms with van der Waals surface area (Å²) in [5, 5.41) is 16.9. The number of carbonyl (C=O) groups excluding carboxylic acids is 1. The molecule has 0 aliphatic heterocycles. The molecule has 5 N–H and O–H groups in total. The Balaban J connectivity index is 3.59. The van der Waals surface area contributed by atoms with Crippen molar-refractivity contribution in [1.82, 2.24) is 15.5 Å². The van der Waals surface area contributed by atoms with Crippen LogP contribution in [0.4, 0.5) is 4.79 Å². The number of nitrogens with zero attached hydrogens (tertiary/aromatic N) is 2. The van der Waals surface area contributed by atoms with Gasteiger partial charge in [0.25, 0.3) is 0 Å². The third kappa shape index (κ3) is 5.74. The van der Waals surface area contributed by atoms with Gasteiger partial charge in [0.2, 0.25) is 0 Å². The van der Waals surface area contributed by atoms with Crippen LogP contribution in [-0.2, 0) is 0 Å². The number of hydrogen-bond acceptors (Lipinski definition) is 4. The van der Waals surface area contributed by atoms with E-state index in [1.54, 1.807) is 21.0 Å². The smallest absolute Gasteiger partial charge is 0.316 e. The molecule has 0 rings (SSSR count). The summed E-state index contributed by atoms with van der Waals surface area (Å²) in [6, 6.07) is -0.362. The van der Waals surface area contributed by atoms with Gasteiger partial charge < -0.3 is 26.5 Å². The first-order chi connectivity index (χ1) is 6.99. The number of rotatable bonds is 5. The van der Waals surface area contributed by atoms with Crippen LogP contribution in [0.2, 0.25) is 0 Å². The van der Waals surface area contributed by atoms with Crippen molar-refractivity contribution in [3.8, 4) is 0 Å². The Bertz CT molecular complexity index is 229. The fourth-order valence-corrected chi connectivity index (χ4v) is 0.807. The van der Waals surface area contributed by atoms with Gasteiger partial charge >= 0.3 is 6.03 Å². The Hall–Kier alpha value is -1.50. The van der Waals surface area contributed by atoms with Crippen molar-refractivity contribution in [3.63, 3.8) is 0 Å². The van der Waals surface area contributed by atoms with Gasteiger partial charge in [-0.15, -0.1) is 0 Å². The molecule has 0 saturated carbocycles. The van der Waals surface area contributed by atoms with Crippen LogP contribution in [0.1, 0.15) is 6.92 Å². The Morgan fingerprint density at radius 3 is 2.60 bits per heavy atom. The predicted octanol–water partition coefficient (Wildman–Crippen LogP) is -1.02. The molecule has 2 amide bonds. The monoisotopic (exact) mass is 217 g/mol. The van der Waals surface area contributed by atoms with Crippen LogP contribution in [-0.4, -0.2) is 55.2 Å². The molecule has 0 aliphatic carbocycles. The minimum Gasteiger partial charge on any atom is -0.409 e. The average Bonchev–Trinajstić information content (AvgIpc) is 2.22. The highest BCUT2D eigenvalue weighted by molar-refractivity contribution is 5.84. The number of nitrogens with two attached hydrogens (primary N) is 1. The number of oxime groups is 1. The molecule has 7 nitrogen and oxygen atoms in total. The van der Waals surface area contributed by atoms with Crippen molar-refractivity contribution in [2.24, 2.45) is 10.9 Å². The van der Waals surface area contributed by atoms with Gasteiger partial charge in [0, 0.05) is 27.2 Å². The minimum atomic E-state index is -0.216. The molecule has 15 heavy (non-hydrogen) atoms. The van der Waals surface area contributed by atoms with Gasteiger partial charge in [0.1, 0.15) is 0 Å². The molecule has 0 heterocycles. The molecule has 88 valence electrons. The molecule has 0 bridgehead atoms. The molecule has 1 unspecified atom stereocenters. The standard InChI is InChI=1S/C8H19N5O2/c1-6(7(9)12-15)10-4-5-11-8(14)13(2)3/h6,10,15H,4-5H2,1-3H3,(H2,9,12)(H,11,14). The van der Waals surface area contributed by atoms with Crippen LogP contribution in [0.15, 0.2) is 5.16 Å². The van der Waals surface area contributed by atoms with E-state index in [2.05, 4.69) is 15.8 Å². The van der Waals surface area contributed by atoms with Crippen molar-refractivity contribution < 1.29 is 10.0 Å². The summed E-state index contributed by atoms with van der Waals surface area (Å²) in [6.07, 6.45) is 0. The van der Waals surface area contributed by atoms with E-state index in [1.807, 2.05) is 0 Å². The number of hydrogen-bond donors (Lipinski definition) is 4. The third-order valence-electron chi connectivity index (χ3n) is 1.82. The maximum Gasteiger partial charge on any atom is 0.316 e. The molecule has 0 aromatic heterocycles. The average molecular weight is 217 g/mol. The van der Waals surface area contributed by atoms with E-state index in [-0.39, 0.29) is 17.9 Å². The van der Waals surface area contributed by atoms with Crippen LogP contribution in [0, 0.1) is 0 Å². The zero-order chi connectivity index (χ0) is 11.8. The lowest BCUT2D eigenvalue weighted by Crippen LogP contribution is -2.44. The number of amidine groups is 1. The number of nitrogens with one attached hydrogen (secondary N) is 2. The van der Waals surface area contributed by atoms with Crippen molar-refractivity contribution >= 4 is 11.9 Å². The van der Waals surface area contributed by atoms with E-state index in [0.29, 0.717) is 13.1 Å². The maximum absolute atomic E-state index is 11.1. The molecule has 0 aromatic rings. The first kappa shape index (κ1) is 13.5.